The molecule has 0 saturated carbocycles. The Kier molecular flexibility index (Phi) is 3.17. The summed E-state index contributed by atoms with van der Waals surface area (Å²) in [6.45, 7) is 0.966. The second-order valence-corrected chi connectivity index (χ2v) is 3.44. The summed E-state index contributed by atoms with van der Waals surface area (Å²) in [6, 6.07) is 1.90. The molecule has 1 aromatic carbocycles. The summed E-state index contributed by atoms with van der Waals surface area (Å²) in [6.07, 6.45) is 3.24. The molecule has 2 rings (SSSR count). The molecular weight excluding hydrogens is 228 g/mol. The molecule has 0 aliphatic heterocycles. The minimum atomic E-state index is -0.770. The molecule has 3 N–H and O–H groups in total. The summed E-state index contributed by atoms with van der Waals surface area (Å²) in [5.74, 6) is -1.44. The summed E-state index contributed by atoms with van der Waals surface area (Å²) < 4.78 is 27.6. The van der Waals surface area contributed by atoms with E-state index in [1.807, 2.05) is 0 Å². The summed E-state index contributed by atoms with van der Waals surface area (Å²) in [7, 11) is 0. The number of rotatable bonds is 4. The molecule has 90 valence electrons. The molecule has 1 aromatic heterocycles. The first kappa shape index (κ1) is 11.3. The van der Waals surface area contributed by atoms with E-state index in [1.165, 1.54) is 0 Å². The van der Waals surface area contributed by atoms with Crippen molar-refractivity contribution in [3.05, 3.63) is 36.2 Å². The van der Waals surface area contributed by atoms with Gasteiger partial charge in [-0.2, -0.15) is 0 Å². The third kappa shape index (κ3) is 2.68. The number of nitrogens with two attached hydrogens (primary N) is 1. The van der Waals surface area contributed by atoms with Gasteiger partial charge in [-0.25, -0.2) is 8.78 Å². The molecule has 0 aliphatic rings. The summed E-state index contributed by atoms with van der Waals surface area (Å²) in [5, 5.41) is 10.2. The molecule has 0 bridgehead atoms. The Hall–Kier alpha value is -2.18. The Bertz CT molecular complexity index is 498. The lowest BCUT2D eigenvalue weighted by Crippen LogP contribution is -2.12. The third-order valence-corrected chi connectivity index (χ3v) is 2.22. The van der Waals surface area contributed by atoms with Crippen LogP contribution in [-0.4, -0.2) is 21.5 Å². The fraction of sp³-hybridized carbons (Fsp3) is 0.200. The standard InChI is InChI=1S/C10H11F2N5/c11-7-5-8(12)10(13)9(6-7)14-1-3-17-4-2-15-16-17/h2,4-6,14H,1,3,13H2. The molecule has 5 nitrogen and oxygen atoms in total. The first-order valence-corrected chi connectivity index (χ1v) is 4.99. The van der Waals surface area contributed by atoms with E-state index in [4.69, 9.17) is 5.73 Å². The molecule has 0 atom stereocenters. The monoisotopic (exact) mass is 239 g/mol. The average Bonchev–Trinajstić information content (AvgIpc) is 2.78. The van der Waals surface area contributed by atoms with E-state index in [9.17, 15) is 8.78 Å². The Balaban J connectivity index is 1.99. The van der Waals surface area contributed by atoms with Crippen LogP contribution in [0.2, 0.25) is 0 Å². The fourth-order valence-electron chi connectivity index (χ4n) is 1.39. The molecule has 0 aliphatic carbocycles. The van der Waals surface area contributed by atoms with Crippen molar-refractivity contribution in [2.75, 3.05) is 17.6 Å². The van der Waals surface area contributed by atoms with Crippen LogP contribution in [0.1, 0.15) is 0 Å². The number of hydrogen-bond donors (Lipinski definition) is 2. The Morgan fingerprint density at radius 1 is 1.35 bits per heavy atom. The van der Waals surface area contributed by atoms with Crippen LogP contribution in [0.5, 0.6) is 0 Å². The van der Waals surface area contributed by atoms with E-state index < -0.39 is 11.6 Å². The van der Waals surface area contributed by atoms with Crippen molar-refractivity contribution in [2.45, 2.75) is 6.54 Å². The average molecular weight is 239 g/mol. The number of aromatic nitrogens is 3. The van der Waals surface area contributed by atoms with Gasteiger partial charge in [0.05, 0.1) is 24.1 Å². The van der Waals surface area contributed by atoms with E-state index in [0.29, 0.717) is 13.1 Å². The maximum Gasteiger partial charge on any atom is 0.151 e. The molecule has 0 amide bonds. The Morgan fingerprint density at radius 3 is 2.88 bits per heavy atom. The molecule has 0 saturated heterocycles. The molecule has 2 aromatic rings. The van der Waals surface area contributed by atoms with Crippen LogP contribution in [0.15, 0.2) is 24.5 Å². The van der Waals surface area contributed by atoms with Crippen molar-refractivity contribution in [2.24, 2.45) is 0 Å². The normalized spacial score (nSPS) is 10.5. The van der Waals surface area contributed by atoms with Crippen LogP contribution in [0, 0.1) is 11.6 Å². The number of hydrogen-bond acceptors (Lipinski definition) is 4. The van der Waals surface area contributed by atoms with Crippen molar-refractivity contribution in [1.29, 1.82) is 0 Å². The molecular formula is C10H11F2N5. The Morgan fingerprint density at radius 2 is 2.18 bits per heavy atom. The van der Waals surface area contributed by atoms with Gasteiger partial charge in [-0.05, 0) is 6.07 Å². The quantitative estimate of drug-likeness (QED) is 0.788. The number of nitrogens with one attached hydrogen (secondary N) is 1. The molecule has 0 radical (unpaired) electrons. The van der Waals surface area contributed by atoms with Crippen LogP contribution in [0.4, 0.5) is 20.2 Å². The third-order valence-electron chi connectivity index (χ3n) is 2.22. The predicted molar refractivity (Wildman–Crippen MR) is 59.3 cm³/mol. The zero-order valence-corrected chi connectivity index (χ0v) is 8.90. The van der Waals surface area contributed by atoms with E-state index >= 15 is 0 Å². The van der Waals surface area contributed by atoms with E-state index in [1.54, 1.807) is 17.1 Å². The molecule has 0 spiro atoms. The van der Waals surface area contributed by atoms with E-state index in [0.717, 1.165) is 12.1 Å². The van der Waals surface area contributed by atoms with Gasteiger partial charge in [-0.3, -0.25) is 4.68 Å². The number of nitrogens with zero attached hydrogens (tertiary/aromatic N) is 3. The highest BCUT2D eigenvalue weighted by Gasteiger charge is 2.07. The van der Waals surface area contributed by atoms with Crippen LogP contribution in [-0.2, 0) is 6.54 Å². The lowest BCUT2D eigenvalue weighted by Gasteiger charge is -2.09. The second-order valence-electron chi connectivity index (χ2n) is 3.44. The van der Waals surface area contributed by atoms with Crippen molar-refractivity contribution < 1.29 is 8.78 Å². The van der Waals surface area contributed by atoms with Gasteiger partial charge in [-0.15, -0.1) is 5.10 Å². The van der Waals surface area contributed by atoms with Crippen LogP contribution < -0.4 is 11.1 Å². The van der Waals surface area contributed by atoms with Gasteiger partial charge < -0.3 is 11.1 Å². The van der Waals surface area contributed by atoms with Gasteiger partial charge >= 0.3 is 0 Å². The first-order valence-electron chi connectivity index (χ1n) is 4.99. The van der Waals surface area contributed by atoms with Crippen LogP contribution in [0.25, 0.3) is 0 Å². The topological polar surface area (TPSA) is 68.8 Å². The van der Waals surface area contributed by atoms with Gasteiger partial charge in [0.2, 0.25) is 0 Å². The molecule has 7 heteroatoms. The second kappa shape index (κ2) is 4.77. The lowest BCUT2D eigenvalue weighted by molar-refractivity contribution is 0.585. The molecule has 17 heavy (non-hydrogen) atoms. The van der Waals surface area contributed by atoms with Crippen LogP contribution >= 0.6 is 0 Å². The van der Waals surface area contributed by atoms with Gasteiger partial charge in [0.15, 0.2) is 5.82 Å². The number of anilines is 2. The fourth-order valence-corrected chi connectivity index (χ4v) is 1.39. The zero-order valence-electron chi connectivity index (χ0n) is 8.90. The SMILES string of the molecule is Nc1c(F)cc(F)cc1NCCn1ccnn1. The maximum absolute atomic E-state index is 13.1. The van der Waals surface area contributed by atoms with Crippen molar-refractivity contribution in [3.8, 4) is 0 Å². The Labute approximate surface area is 96.2 Å². The molecule has 0 fully saturated rings. The molecule has 0 unspecified atom stereocenters. The largest absolute Gasteiger partial charge is 0.395 e. The highest BCUT2D eigenvalue weighted by atomic mass is 19.1. The maximum atomic E-state index is 13.1. The van der Waals surface area contributed by atoms with Crippen molar-refractivity contribution in [3.63, 3.8) is 0 Å². The van der Waals surface area contributed by atoms with Crippen LogP contribution in [0.3, 0.4) is 0 Å². The van der Waals surface area contributed by atoms with Gasteiger partial charge in [0, 0.05) is 18.8 Å². The smallest absolute Gasteiger partial charge is 0.151 e. The number of nitrogen functional groups attached to an aromatic ring is 1. The van der Waals surface area contributed by atoms with Crippen molar-refractivity contribution in [1.82, 2.24) is 15.0 Å². The highest BCUT2D eigenvalue weighted by Crippen LogP contribution is 2.22. The summed E-state index contributed by atoms with van der Waals surface area (Å²) in [4.78, 5) is 0. The number of halogens is 2. The van der Waals surface area contributed by atoms with E-state index in [-0.39, 0.29) is 11.4 Å². The van der Waals surface area contributed by atoms with Crippen molar-refractivity contribution >= 4 is 11.4 Å². The lowest BCUT2D eigenvalue weighted by atomic mass is 10.2. The predicted octanol–water partition coefficient (Wildman–Crippen LogP) is 1.25. The number of benzene rings is 1. The molecule has 1 heterocycles. The minimum Gasteiger partial charge on any atom is -0.395 e. The van der Waals surface area contributed by atoms with Gasteiger partial charge in [0.25, 0.3) is 0 Å². The van der Waals surface area contributed by atoms with Gasteiger partial charge in [-0.1, -0.05) is 5.21 Å². The highest BCUT2D eigenvalue weighted by molar-refractivity contribution is 5.66. The summed E-state index contributed by atoms with van der Waals surface area (Å²) >= 11 is 0. The summed E-state index contributed by atoms with van der Waals surface area (Å²) in [5.41, 5.74) is 5.62. The van der Waals surface area contributed by atoms with Gasteiger partial charge in [0.1, 0.15) is 5.82 Å². The minimum absolute atomic E-state index is 0.0926. The first-order chi connectivity index (χ1) is 8.16. The van der Waals surface area contributed by atoms with E-state index in [2.05, 4.69) is 15.6 Å². The zero-order chi connectivity index (χ0) is 12.3.